The van der Waals surface area contributed by atoms with Crippen LogP contribution in [0.15, 0.2) is 66.9 Å². The molecule has 0 aliphatic carbocycles. The van der Waals surface area contributed by atoms with Gasteiger partial charge < -0.3 is 10.6 Å². The van der Waals surface area contributed by atoms with Crippen molar-refractivity contribution >= 4 is 23.2 Å². The van der Waals surface area contributed by atoms with Gasteiger partial charge in [0.05, 0.1) is 0 Å². The number of amides is 1. The molecular formula is C21H20ClN3O. The molecule has 0 fully saturated rings. The van der Waals surface area contributed by atoms with Gasteiger partial charge in [-0.15, -0.1) is 0 Å². The van der Waals surface area contributed by atoms with E-state index in [1.165, 1.54) is 0 Å². The molecule has 5 heteroatoms. The van der Waals surface area contributed by atoms with Crippen LogP contribution in [-0.2, 0) is 13.1 Å². The van der Waals surface area contributed by atoms with Crippen LogP contribution in [0.3, 0.4) is 0 Å². The van der Waals surface area contributed by atoms with Gasteiger partial charge in [-0.25, -0.2) is 0 Å². The van der Waals surface area contributed by atoms with Crippen molar-refractivity contribution in [2.45, 2.75) is 20.0 Å². The average Bonchev–Trinajstić information content (AvgIpc) is 2.67. The monoisotopic (exact) mass is 365 g/mol. The Hall–Kier alpha value is -2.85. The summed E-state index contributed by atoms with van der Waals surface area (Å²) in [5.74, 6) is -0.199. The van der Waals surface area contributed by atoms with Gasteiger partial charge in [0.1, 0.15) is 5.69 Å². The fraction of sp³-hybridized carbons (Fsp3) is 0.143. The van der Waals surface area contributed by atoms with E-state index in [9.17, 15) is 4.79 Å². The topological polar surface area (TPSA) is 54.0 Å². The Morgan fingerprint density at radius 1 is 1.00 bits per heavy atom. The number of carbonyl (C=O) groups is 1. The lowest BCUT2D eigenvalue weighted by Gasteiger charge is -2.10. The van der Waals surface area contributed by atoms with E-state index in [0.29, 0.717) is 23.8 Å². The van der Waals surface area contributed by atoms with Gasteiger partial charge >= 0.3 is 0 Å². The van der Waals surface area contributed by atoms with Crippen molar-refractivity contribution in [1.82, 2.24) is 10.3 Å². The molecule has 0 spiro atoms. The highest BCUT2D eigenvalue weighted by Crippen LogP contribution is 2.17. The molecule has 26 heavy (non-hydrogen) atoms. The van der Waals surface area contributed by atoms with Crippen LogP contribution in [0.4, 0.5) is 5.69 Å². The maximum absolute atomic E-state index is 12.4. The van der Waals surface area contributed by atoms with Crippen LogP contribution < -0.4 is 10.6 Å². The van der Waals surface area contributed by atoms with Gasteiger partial charge in [-0.3, -0.25) is 9.78 Å². The molecule has 4 nitrogen and oxygen atoms in total. The highest BCUT2D eigenvalue weighted by atomic mass is 35.5. The lowest BCUT2D eigenvalue weighted by Crippen LogP contribution is -2.24. The van der Waals surface area contributed by atoms with E-state index in [1.54, 1.807) is 12.3 Å². The average molecular weight is 366 g/mol. The molecule has 0 aliphatic heterocycles. The van der Waals surface area contributed by atoms with E-state index in [4.69, 9.17) is 11.6 Å². The standard InChI is InChI=1S/C21H20ClN3O/c1-15-6-2-3-7-16(15)13-25-21(26)20-12-18(10-11-23-20)24-14-17-8-4-5-9-19(17)22/h2-12H,13-14H2,1H3,(H,23,24)(H,25,26). The molecule has 2 N–H and O–H groups in total. The number of aryl methyl sites for hydroxylation is 1. The maximum atomic E-state index is 12.4. The molecular weight excluding hydrogens is 346 g/mol. The van der Waals surface area contributed by atoms with Gasteiger partial charge in [-0.1, -0.05) is 54.1 Å². The first-order valence-electron chi connectivity index (χ1n) is 8.39. The second kappa shape index (κ2) is 8.50. The van der Waals surface area contributed by atoms with Crippen LogP contribution in [0.25, 0.3) is 0 Å². The zero-order chi connectivity index (χ0) is 18.4. The molecule has 2 aromatic carbocycles. The summed E-state index contributed by atoms with van der Waals surface area (Å²) in [5.41, 5.74) is 4.44. The van der Waals surface area contributed by atoms with Gasteiger partial charge in [0, 0.05) is 30.0 Å². The number of aromatic nitrogens is 1. The summed E-state index contributed by atoms with van der Waals surface area (Å²) in [6.07, 6.45) is 1.62. The van der Waals surface area contributed by atoms with Gasteiger partial charge in [-0.05, 0) is 41.8 Å². The molecule has 1 heterocycles. The third kappa shape index (κ3) is 4.61. The number of anilines is 1. The lowest BCUT2D eigenvalue weighted by molar-refractivity contribution is 0.0946. The highest BCUT2D eigenvalue weighted by Gasteiger charge is 2.09. The normalized spacial score (nSPS) is 10.4. The van der Waals surface area contributed by atoms with Gasteiger partial charge in [0.25, 0.3) is 5.91 Å². The zero-order valence-electron chi connectivity index (χ0n) is 14.5. The Morgan fingerprint density at radius 3 is 2.50 bits per heavy atom. The Bertz CT molecular complexity index is 911. The molecule has 0 saturated carbocycles. The van der Waals surface area contributed by atoms with Crippen LogP contribution in [0.1, 0.15) is 27.2 Å². The maximum Gasteiger partial charge on any atom is 0.270 e. The van der Waals surface area contributed by atoms with E-state index in [-0.39, 0.29) is 5.91 Å². The molecule has 0 unspecified atom stereocenters. The number of carbonyl (C=O) groups excluding carboxylic acids is 1. The Morgan fingerprint density at radius 2 is 1.73 bits per heavy atom. The number of halogens is 1. The summed E-state index contributed by atoms with van der Waals surface area (Å²) in [6, 6.07) is 19.2. The number of nitrogens with zero attached hydrogens (tertiary/aromatic N) is 1. The van der Waals surface area contributed by atoms with Gasteiger partial charge in [0.2, 0.25) is 0 Å². The first-order valence-corrected chi connectivity index (χ1v) is 8.77. The van der Waals surface area contributed by atoms with Crippen LogP contribution in [0, 0.1) is 6.92 Å². The molecule has 3 rings (SSSR count). The van der Waals surface area contributed by atoms with Crippen LogP contribution in [0.5, 0.6) is 0 Å². The SMILES string of the molecule is Cc1ccccc1CNC(=O)c1cc(NCc2ccccc2Cl)ccn1. The van der Waals surface area contributed by atoms with Crippen molar-refractivity contribution in [2.24, 2.45) is 0 Å². The Labute approximate surface area is 158 Å². The molecule has 132 valence electrons. The van der Waals surface area contributed by atoms with Crippen molar-refractivity contribution in [3.63, 3.8) is 0 Å². The summed E-state index contributed by atoms with van der Waals surface area (Å²) in [4.78, 5) is 16.6. The molecule has 0 aliphatic rings. The second-order valence-corrected chi connectivity index (χ2v) is 6.39. The number of hydrogen-bond donors (Lipinski definition) is 2. The quantitative estimate of drug-likeness (QED) is 0.672. The number of nitrogens with one attached hydrogen (secondary N) is 2. The van der Waals surface area contributed by atoms with Crippen molar-refractivity contribution in [1.29, 1.82) is 0 Å². The minimum atomic E-state index is -0.199. The fourth-order valence-electron chi connectivity index (χ4n) is 2.58. The summed E-state index contributed by atoms with van der Waals surface area (Å²) < 4.78 is 0. The number of pyridine rings is 1. The first-order chi connectivity index (χ1) is 12.6. The molecule has 0 saturated heterocycles. The lowest BCUT2D eigenvalue weighted by atomic mass is 10.1. The van der Waals surface area contributed by atoms with Crippen LogP contribution in [-0.4, -0.2) is 10.9 Å². The second-order valence-electron chi connectivity index (χ2n) is 5.98. The van der Waals surface area contributed by atoms with Crippen LogP contribution in [0.2, 0.25) is 5.02 Å². The minimum absolute atomic E-state index is 0.199. The highest BCUT2D eigenvalue weighted by molar-refractivity contribution is 6.31. The predicted molar refractivity (Wildman–Crippen MR) is 105 cm³/mol. The van der Waals surface area contributed by atoms with Crippen molar-refractivity contribution in [3.8, 4) is 0 Å². The Balaban J connectivity index is 1.62. The molecule has 0 radical (unpaired) electrons. The van der Waals surface area contributed by atoms with Crippen molar-refractivity contribution < 1.29 is 4.79 Å². The van der Waals surface area contributed by atoms with Gasteiger partial charge in [0.15, 0.2) is 0 Å². The van der Waals surface area contributed by atoms with Crippen molar-refractivity contribution in [2.75, 3.05) is 5.32 Å². The first kappa shape index (κ1) is 18.0. The van der Waals surface area contributed by atoms with Crippen LogP contribution >= 0.6 is 11.6 Å². The molecule has 3 aromatic rings. The fourth-order valence-corrected chi connectivity index (χ4v) is 2.78. The zero-order valence-corrected chi connectivity index (χ0v) is 15.3. The smallest absolute Gasteiger partial charge is 0.270 e. The summed E-state index contributed by atoms with van der Waals surface area (Å²) in [7, 11) is 0. The number of benzene rings is 2. The predicted octanol–water partition coefficient (Wildman–Crippen LogP) is 4.59. The summed E-state index contributed by atoms with van der Waals surface area (Å²) in [6.45, 7) is 3.08. The third-order valence-corrected chi connectivity index (χ3v) is 4.50. The molecule has 0 atom stereocenters. The molecule has 1 aromatic heterocycles. The largest absolute Gasteiger partial charge is 0.381 e. The molecule has 0 bridgehead atoms. The summed E-state index contributed by atoms with van der Waals surface area (Å²) >= 11 is 6.17. The van der Waals surface area contributed by atoms with E-state index in [0.717, 1.165) is 22.4 Å². The minimum Gasteiger partial charge on any atom is -0.381 e. The summed E-state index contributed by atoms with van der Waals surface area (Å²) in [5, 5.41) is 6.90. The van der Waals surface area contributed by atoms with E-state index < -0.39 is 0 Å². The number of rotatable bonds is 6. The van der Waals surface area contributed by atoms with Crippen molar-refractivity contribution in [3.05, 3.63) is 94.3 Å². The Kier molecular flexibility index (Phi) is 5.87. The van der Waals surface area contributed by atoms with E-state index >= 15 is 0 Å². The number of hydrogen-bond acceptors (Lipinski definition) is 3. The molecule has 1 amide bonds. The third-order valence-electron chi connectivity index (χ3n) is 4.13. The van der Waals surface area contributed by atoms with E-state index in [2.05, 4.69) is 15.6 Å². The van der Waals surface area contributed by atoms with E-state index in [1.807, 2.05) is 61.5 Å². The van der Waals surface area contributed by atoms with Gasteiger partial charge in [-0.2, -0.15) is 0 Å².